The van der Waals surface area contributed by atoms with Crippen molar-refractivity contribution in [1.29, 1.82) is 0 Å². The van der Waals surface area contributed by atoms with Gasteiger partial charge in [-0.25, -0.2) is 4.79 Å². The van der Waals surface area contributed by atoms with Crippen LogP contribution in [-0.2, 0) is 16.0 Å². The molecule has 1 atom stereocenters. The van der Waals surface area contributed by atoms with Crippen molar-refractivity contribution < 1.29 is 19.4 Å². The number of amides is 1. The topological polar surface area (TPSA) is 75.6 Å². The lowest BCUT2D eigenvalue weighted by Crippen LogP contribution is -2.27. The largest absolute Gasteiger partial charge is 0.481 e. The summed E-state index contributed by atoms with van der Waals surface area (Å²) >= 11 is 6.09. The molecule has 0 bridgehead atoms. The highest BCUT2D eigenvalue weighted by Gasteiger charge is 2.17. The third-order valence-corrected chi connectivity index (χ3v) is 2.95. The van der Waals surface area contributed by atoms with Gasteiger partial charge in [0.2, 0.25) is 0 Å². The van der Waals surface area contributed by atoms with Crippen molar-refractivity contribution in [1.82, 2.24) is 0 Å². The molecule has 1 unspecified atom stereocenters. The molecule has 1 amide bonds. The number of ether oxygens (including phenoxy) is 1. The molecule has 0 aromatic heterocycles. The van der Waals surface area contributed by atoms with Crippen LogP contribution in [0.15, 0.2) is 18.2 Å². The first-order valence-electron chi connectivity index (χ1n) is 6.59. The van der Waals surface area contributed by atoms with Gasteiger partial charge in [0, 0.05) is 0 Å². The lowest BCUT2D eigenvalue weighted by molar-refractivity contribution is -0.141. The molecule has 1 aromatic carbocycles. The molecule has 0 aliphatic rings. The van der Waals surface area contributed by atoms with E-state index in [4.69, 9.17) is 21.4 Å². The van der Waals surface area contributed by atoms with E-state index in [1.807, 2.05) is 0 Å². The lowest BCUT2D eigenvalue weighted by atomic mass is 10.0. The Morgan fingerprint density at radius 2 is 2.00 bits per heavy atom. The third kappa shape index (κ3) is 6.04. The first kappa shape index (κ1) is 17.3. The van der Waals surface area contributed by atoms with Gasteiger partial charge in [-0.2, -0.15) is 0 Å². The SMILES string of the molecule is CC(Cc1ccc(NC(=O)OC(C)(C)C)c(Cl)c1)C(=O)O. The highest BCUT2D eigenvalue weighted by molar-refractivity contribution is 6.33. The zero-order valence-electron chi connectivity index (χ0n) is 12.6. The second-order valence-electron chi connectivity index (χ2n) is 5.88. The lowest BCUT2D eigenvalue weighted by Gasteiger charge is -2.20. The Morgan fingerprint density at radius 3 is 2.48 bits per heavy atom. The number of benzene rings is 1. The Labute approximate surface area is 129 Å². The number of nitrogens with one attached hydrogen (secondary N) is 1. The third-order valence-electron chi connectivity index (χ3n) is 2.63. The Hall–Kier alpha value is -1.75. The number of hydrogen-bond donors (Lipinski definition) is 2. The summed E-state index contributed by atoms with van der Waals surface area (Å²) in [6.07, 6.45) is -0.210. The van der Waals surface area contributed by atoms with Crippen LogP contribution in [0.25, 0.3) is 0 Å². The molecular weight excluding hydrogens is 294 g/mol. The summed E-state index contributed by atoms with van der Waals surface area (Å²) in [4.78, 5) is 22.5. The summed E-state index contributed by atoms with van der Waals surface area (Å²) < 4.78 is 5.14. The molecule has 0 saturated carbocycles. The van der Waals surface area contributed by atoms with Crippen molar-refractivity contribution in [2.75, 3.05) is 5.32 Å². The first-order chi connectivity index (χ1) is 9.58. The highest BCUT2D eigenvalue weighted by atomic mass is 35.5. The fourth-order valence-electron chi connectivity index (χ4n) is 1.64. The van der Waals surface area contributed by atoms with Crippen LogP contribution in [0.5, 0.6) is 0 Å². The molecule has 0 aliphatic heterocycles. The van der Waals surface area contributed by atoms with Crippen LogP contribution in [0.4, 0.5) is 10.5 Å². The van der Waals surface area contributed by atoms with E-state index in [0.717, 1.165) is 5.56 Å². The molecule has 0 saturated heterocycles. The van der Waals surface area contributed by atoms with E-state index < -0.39 is 23.6 Å². The molecule has 21 heavy (non-hydrogen) atoms. The summed E-state index contributed by atoms with van der Waals surface area (Å²) in [6.45, 7) is 6.93. The molecular formula is C15H20ClNO4. The van der Waals surface area contributed by atoms with Crippen molar-refractivity contribution in [2.45, 2.75) is 39.7 Å². The predicted molar refractivity (Wildman–Crippen MR) is 81.8 cm³/mol. The van der Waals surface area contributed by atoms with E-state index in [1.54, 1.807) is 45.9 Å². The summed E-state index contributed by atoms with van der Waals surface area (Å²) in [6, 6.07) is 5.02. The van der Waals surface area contributed by atoms with Gasteiger partial charge in [0.05, 0.1) is 16.6 Å². The van der Waals surface area contributed by atoms with Crippen LogP contribution in [0.2, 0.25) is 5.02 Å². The van der Waals surface area contributed by atoms with Crippen LogP contribution in [-0.4, -0.2) is 22.8 Å². The number of carbonyl (C=O) groups is 2. The van der Waals surface area contributed by atoms with Crippen molar-refractivity contribution in [2.24, 2.45) is 5.92 Å². The number of rotatable bonds is 4. The minimum absolute atomic E-state index is 0.343. The minimum atomic E-state index is -0.859. The standard InChI is InChI=1S/C15H20ClNO4/c1-9(13(18)19)7-10-5-6-12(11(16)8-10)17-14(20)21-15(2,3)4/h5-6,8-9H,7H2,1-4H3,(H,17,20)(H,18,19). The van der Waals surface area contributed by atoms with Gasteiger partial charge in [-0.05, 0) is 44.9 Å². The number of carbonyl (C=O) groups excluding carboxylic acids is 1. The Bertz CT molecular complexity index is 537. The maximum absolute atomic E-state index is 11.7. The Morgan fingerprint density at radius 1 is 1.38 bits per heavy atom. The Kier molecular flexibility index (Phi) is 5.61. The molecule has 5 nitrogen and oxygen atoms in total. The van der Waals surface area contributed by atoms with Gasteiger partial charge in [0.25, 0.3) is 0 Å². The average Bonchev–Trinajstić information content (AvgIpc) is 2.30. The molecule has 2 N–H and O–H groups in total. The second kappa shape index (κ2) is 6.80. The fraction of sp³-hybridized carbons (Fsp3) is 0.467. The van der Waals surface area contributed by atoms with Gasteiger partial charge in [0.15, 0.2) is 0 Å². The van der Waals surface area contributed by atoms with E-state index in [-0.39, 0.29) is 0 Å². The monoisotopic (exact) mass is 313 g/mol. The van der Waals surface area contributed by atoms with Gasteiger partial charge < -0.3 is 9.84 Å². The number of carboxylic acid groups (broad SMARTS) is 1. The summed E-state index contributed by atoms with van der Waals surface area (Å²) in [5.41, 5.74) is 0.634. The van der Waals surface area contributed by atoms with Crippen molar-refractivity contribution in [3.05, 3.63) is 28.8 Å². The molecule has 0 spiro atoms. The highest BCUT2D eigenvalue weighted by Crippen LogP contribution is 2.25. The number of hydrogen-bond acceptors (Lipinski definition) is 3. The molecule has 0 radical (unpaired) electrons. The first-order valence-corrected chi connectivity index (χ1v) is 6.97. The maximum atomic E-state index is 11.7. The van der Waals surface area contributed by atoms with E-state index >= 15 is 0 Å². The minimum Gasteiger partial charge on any atom is -0.481 e. The van der Waals surface area contributed by atoms with Crippen LogP contribution >= 0.6 is 11.6 Å². The second-order valence-corrected chi connectivity index (χ2v) is 6.29. The van der Waals surface area contributed by atoms with Gasteiger partial charge >= 0.3 is 12.1 Å². The number of halogens is 1. The number of aliphatic carboxylic acids is 1. The molecule has 6 heteroatoms. The van der Waals surface area contributed by atoms with Crippen LogP contribution in [0, 0.1) is 5.92 Å². The van der Waals surface area contributed by atoms with E-state index in [0.29, 0.717) is 17.1 Å². The van der Waals surface area contributed by atoms with Gasteiger partial charge in [-0.1, -0.05) is 24.6 Å². The summed E-state index contributed by atoms with van der Waals surface area (Å²) in [5.74, 6) is -1.35. The summed E-state index contributed by atoms with van der Waals surface area (Å²) in [7, 11) is 0. The molecule has 1 aromatic rings. The zero-order chi connectivity index (χ0) is 16.2. The molecule has 1 rings (SSSR count). The van der Waals surface area contributed by atoms with E-state index in [2.05, 4.69) is 5.32 Å². The van der Waals surface area contributed by atoms with Gasteiger partial charge in [-0.3, -0.25) is 10.1 Å². The van der Waals surface area contributed by atoms with E-state index in [1.165, 1.54) is 0 Å². The molecule has 0 heterocycles. The maximum Gasteiger partial charge on any atom is 0.412 e. The fourth-order valence-corrected chi connectivity index (χ4v) is 1.89. The van der Waals surface area contributed by atoms with Crippen LogP contribution < -0.4 is 5.32 Å². The van der Waals surface area contributed by atoms with Crippen molar-refractivity contribution in [3.8, 4) is 0 Å². The molecule has 116 valence electrons. The normalized spacial score (nSPS) is 12.6. The quantitative estimate of drug-likeness (QED) is 0.882. The zero-order valence-corrected chi connectivity index (χ0v) is 13.3. The number of carboxylic acids is 1. The molecule has 0 aliphatic carbocycles. The smallest absolute Gasteiger partial charge is 0.412 e. The summed E-state index contributed by atoms with van der Waals surface area (Å²) in [5, 5.41) is 11.8. The van der Waals surface area contributed by atoms with Crippen molar-refractivity contribution in [3.63, 3.8) is 0 Å². The van der Waals surface area contributed by atoms with E-state index in [9.17, 15) is 9.59 Å². The van der Waals surface area contributed by atoms with Crippen LogP contribution in [0.1, 0.15) is 33.3 Å². The van der Waals surface area contributed by atoms with Gasteiger partial charge in [0.1, 0.15) is 5.60 Å². The van der Waals surface area contributed by atoms with Crippen LogP contribution in [0.3, 0.4) is 0 Å². The van der Waals surface area contributed by atoms with Crippen molar-refractivity contribution >= 4 is 29.4 Å². The predicted octanol–water partition coefficient (Wildman–Crippen LogP) is 3.95. The Balaban J connectivity index is 2.75. The molecule has 0 fully saturated rings. The van der Waals surface area contributed by atoms with Gasteiger partial charge in [-0.15, -0.1) is 0 Å². The average molecular weight is 314 g/mol. The number of anilines is 1.